The van der Waals surface area contributed by atoms with Crippen LogP contribution in [0.4, 0.5) is 0 Å². The highest BCUT2D eigenvalue weighted by Gasteiger charge is 2.37. The zero-order valence-electron chi connectivity index (χ0n) is 12.1. The Hall–Kier alpha value is -1.65. The number of aliphatic hydroxyl groups is 1. The van der Waals surface area contributed by atoms with Crippen LogP contribution >= 0.6 is 0 Å². The molecule has 0 amide bonds. The molecule has 2 heterocycles. The van der Waals surface area contributed by atoms with Crippen molar-refractivity contribution in [3.63, 3.8) is 0 Å². The van der Waals surface area contributed by atoms with Gasteiger partial charge in [0.15, 0.2) is 0 Å². The quantitative estimate of drug-likeness (QED) is 0.918. The lowest BCUT2D eigenvalue weighted by molar-refractivity contribution is 0.0346. The lowest BCUT2D eigenvalue weighted by atomic mass is 10.0. The molecule has 1 saturated heterocycles. The van der Waals surface area contributed by atoms with Crippen molar-refractivity contribution in [3.8, 4) is 0 Å². The molecule has 1 aromatic carbocycles. The van der Waals surface area contributed by atoms with Crippen LogP contribution < -0.4 is 0 Å². The Labute approximate surface area is 125 Å². The molecule has 0 saturated carbocycles. The number of hydrogen-bond donors (Lipinski definition) is 1. The van der Waals surface area contributed by atoms with E-state index < -0.39 is 0 Å². The first-order chi connectivity index (χ1) is 10.3. The molecule has 0 radical (unpaired) electrons. The second-order valence-corrected chi connectivity index (χ2v) is 6.19. The average Bonchev–Trinajstić information content (AvgIpc) is 3.16. The third kappa shape index (κ3) is 2.28. The van der Waals surface area contributed by atoms with Gasteiger partial charge in [-0.25, -0.2) is 0 Å². The summed E-state index contributed by atoms with van der Waals surface area (Å²) in [5.74, 6) is 0. The van der Waals surface area contributed by atoms with Crippen LogP contribution in [-0.4, -0.2) is 38.9 Å². The van der Waals surface area contributed by atoms with Gasteiger partial charge in [-0.15, -0.1) is 0 Å². The SMILES string of the molecule is OC1c2ccccc2CC1N1CCCC(n2cccn2)C1. The zero-order valence-corrected chi connectivity index (χ0v) is 12.1. The second kappa shape index (κ2) is 5.28. The number of likely N-dealkylation sites (tertiary alicyclic amines) is 1. The highest BCUT2D eigenvalue weighted by atomic mass is 16.3. The van der Waals surface area contributed by atoms with Crippen LogP contribution in [0, 0.1) is 0 Å². The van der Waals surface area contributed by atoms with Crippen LogP contribution in [0.25, 0.3) is 0 Å². The maximum atomic E-state index is 10.6. The fourth-order valence-corrected chi connectivity index (χ4v) is 3.88. The van der Waals surface area contributed by atoms with Crippen LogP contribution in [0.1, 0.15) is 36.1 Å². The van der Waals surface area contributed by atoms with Gasteiger partial charge in [0.1, 0.15) is 0 Å². The number of aliphatic hydroxyl groups excluding tert-OH is 1. The third-order valence-electron chi connectivity index (χ3n) is 4.96. The molecule has 21 heavy (non-hydrogen) atoms. The van der Waals surface area contributed by atoms with Gasteiger partial charge < -0.3 is 5.11 Å². The van der Waals surface area contributed by atoms with Gasteiger partial charge >= 0.3 is 0 Å². The van der Waals surface area contributed by atoms with E-state index in [4.69, 9.17) is 0 Å². The number of nitrogens with zero attached hydrogens (tertiary/aromatic N) is 3. The Balaban J connectivity index is 1.52. The van der Waals surface area contributed by atoms with Gasteiger partial charge in [0.25, 0.3) is 0 Å². The zero-order chi connectivity index (χ0) is 14.2. The Kier molecular flexibility index (Phi) is 3.28. The number of rotatable bonds is 2. The molecular weight excluding hydrogens is 262 g/mol. The van der Waals surface area contributed by atoms with Crippen molar-refractivity contribution in [1.29, 1.82) is 0 Å². The molecule has 1 aromatic heterocycles. The highest BCUT2D eigenvalue weighted by Crippen LogP contribution is 2.36. The molecule has 4 nitrogen and oxygen atoms in total. The maximum absolute atomic E-state index is 10.6. The molecule has 2 aromatic rings. The van der Waals surface area contributed by atoms with Crippen LogP contribution in [0.15, 0.2) is 42.7 Å². The third-order valence-corrected chi connectivity index (χ3v) is 4.96. The van der Waals surface area contributed by atoms with E-state index in [1.807, 2.05) is 24.5 Å². The molecular formula is C17H21N3O. The van der Waals surface area contributed by atoms with Crippen molar-refractivity contribution in [1.82, 2.24) is 14.7 Å². The predicted octanol–water partition coefficient (Wildman–Crippen LogP) is 2.18. The minimum Gasteiger partial charge on any atom is -0.387 e. The summed E-state index contributed by atoms with van der Waals surface area (Å²) < 4.78 is 2.07. The van der Waals surface area contributed by atoms with Crippen molar-refractivity contribution in [3.05, 3.63) is 53.9 Å². The number of benzene rings is 1. The number of piperidine rings is 1. The Morgan fingerprint density at radius 1 is 1.19 bits per heavy atom. The van der Waals surface area contributed by atoms with E-state index in [1.165, 1.54) is 18.4 Å². The van der Waals surface area contributed by atoms with E-state index in [2.05, 4.69) is 32.9 Å². The largest absolute Gasteiger partial charge is 0.387 e. The normalized spacial score (nSPS) is 29.5. The first-order valence-electron chi connectivity index (χ1n) is 7.82. The summed E-state index contributed by atoms with van der Waals surface area (Å²) in [6, 6.07) is 10.9. The number of fused-ring (bicyclic) bond motifs is 1. The number of aromatic nitrogens is 2. The molecule has 1 aliphatic carbocycles. The lowest BCUT2D eigenvalue weighted by Crippen LogP contribution is -2.45. The summed E-state index contributed by atoms with van der Waals surface area (Å²) in [6.45, 7) is 2.06. The second-order valence-electron chi connectivity index (χ2n) is 6.19. The van der Waals surface area contributed by atoms with Gasteiger partial charge in [-0.2, -0.15) is 5.10 Å². The smallest absolute Gasteiger partial charge is 0.0951 e. The fourth-order valence-electron chi connectivity index (χ4n) is 3.88. The molecule has 110 valence electrons. The molecule has 3 unspecified atom stereocenters. The monoisotopic (exact) mass is 283 g/mol. The molecule has 0 spiro atoms. The average molecular weight is 283 g/mol. The van der Waals surface area contributed by atoms with Crippen LogP contribution in [-0.2, 0) is 6.42 Å². The highest BCUT2D eigenvalue weighted by molar-refractivity contribution is 5.36. The van der Waals surface area contributed by atoms with Gasteiger partial charge in [-0.1, -0.05) is 24.3 Å². The Morgan fingerprint density at radius 3 is 2.90 bits per heavy atom. The molecule has 1 aliphatic heterocycles. The van der Waals surface area contributed by atoms with Crippen LogP contribution in [0.3, 0.4) is 0 Å². The molecule has 0 bridgehead atoms. The van der Waals surface area contributed by atoms with E-state index in [0.717, 1.165) is 25.1 Å². The lowest BCUT2D eigenvalue weighted by Gasteiger charge is -2.38. The molecule has 1 N–H and O–H groups in total. The van der Waals surface area contributed by atoms with Crippen LogP contribution in [0.5, 0.6) is 0 Å². The Bertz CT molecular complexity index is 610. The van der Waals surface area contributed by atoms with E-state index in [0.29, 0.717) is 6.04 Å². The van der Waals surface area contributed by atoms with Crippen molar-refractivity contribution >= 4 is 0 Å². The van der Waals surface area contributed by atoms with Crippen molar-refractivity contribution in [2.75, 3.05) is 13.1 Å². The van der Waals surface area contributed by atoms with Gasteiger partial charge in [-0.3, -0.25) is 9.58 Å². The van der Waals surface area contributed by atoms with Crippen molar-refractivity contribution in [2.45, 2.75) is 37.5 Å². The fraction of sp³-hybridized carbons (Fsp3) is 0.471. The first-order valence-corrected chi connectivity index (χ1v) is 7.82. The summed E-state index contributed by atoms with van der Waals surface area (Å²) in [4.78, 5) is 2.46. The van der Waals surface area contributed by atoms with E-state index in [-0.39, 0.29) is 12.1 Å². The van der Waals surface area contributed by atoms with Gasteiger partial charge in [0.05, 0.1) is 12.1 Å². The van der Waals surface area contributed by atoms with Crippen molar-refractivity contribution in [2.24, 2.45) is 0 Å². The van der Waals surface area contributed by atoms with E-state index in [1.54, 1.807) is 0 Å². The maximum Gasteiger partial charge on any atom is 0.0951 e. The topological polar surface area (TPSA) is 41.3 Å². The molecule has 4 rings (SSSR count). The minimum atomic E-state index is -0.349. The first kappa shape index (κ1) is 13.0. The van der Waals surface area contributed by atoms with Gasteiger partial charge in [0.2, 0.25) is 0 Å². The number of hydrogen-bond acceptors (Lipinski definition) is 3. The summed E-state index contributed by atoms with van der Waals surface area (Å²) in [6.07, 6.45) is 6.85. The minimum absolute atomic E-state index is 0.223. The van der Waals surface area contributed by atoms with Crippen LogP contribution in [0.2, 0.25) is 0 Å². The van der Waals surface area contributed by atoms with Gasteiger partial charge in [0, 0.05) is 25.0 Å². The standard InChI is InChI=1S/C17H21N3O/c21-17-15-7-2-1-5-13(15)11-16(17)19-9-3-6-14(12-19)20-10-4-8-18-20/h1-2,4-5,7-8,10,14,16-17,21H,3,6,9,11-12H2. The molecule has 2 aliphatic rings. The van der Waals surface area contributed by atoms with E-state index in [9.17, 15) is 5.11 Å². The molecule has 4 heteroatoms. The molecule has 1 fully saturated rings. The van der Waals surface area contributed by atoms with Crippen molar-refractivity contribution < 1.29 is 5.11 Å². The predicted molar refractivity (Wildman–Crippen MR) is 81.0 cm³/mol. The van der Waals surface area contributed by atoms with E-state index >= 15 is 0 Å². The van der Waals surface area contributed by atoms with Gasteiger partial charge in [-0.05, 0) is 43.0 Å². The molecule has 3 atom stereocenters. The summed E-state index contributed by atoms with van der Waals surface area (Å²) in [7, 11) is 0. The Morgan fingerprint density at radius 2 is 2.10 bits per heavy atom. The summed E-state index contributed by atoms with van der Waals surface area (Å²) in [5.41, 5.74) is 2.42. The summed E-state index contributed by atoms with van der Waals surface area (Å²) in [5, 5.41) is 15.0. The summed E-state index contributed by atoms with van der Waals surface area (Å²) >= 11 is 0.